The average molecular weight is 1610 g/mol. The van der Waals surface area contributed by atoms with Crippen LogP contribution in [0.4, 0.5) is 0 Å². The minimum absolute atomic E-state index is 0.797. The van der Waals surface area contributed by atoms with Crippen LogP contribution in [0.3, 0.4) is 0 Å². The van der Waals surface area contributed by atoms with E-state index in [9.17, 15) is 171 Å². The minimum Gasteiger partial charge on any atom is -0.477 e. The van der Waals surface area contributed by atoms with Crippen molar-refractivity contribution < 1.29 is 233 Å². The fourth-order valence-corrected chi connectivity index (χ4v) is 13.7. The summed E-state index contributed by atoms with van der Waals surface area (Å²) >= 11 is 0. The van der Waals surface area contributed by atoms with Crippen LogP contribution in [0.25, 0.3) is 0 Å². The highest BCUT2D eigenvalue weighted by molar-refractivity contribution is 5.80. The zero-order valence-electron chi connectivity index (χ0n) is 57.9. The molecule has 7 saturated heterocycles. The van der Waals surface area contributed by atoms with Gasteiger partial charge in [-0.15, -0.1) is 0 Å². The van der Waals surface area contributed by atoms with Gasteiger partial charge in [-0.05, 0) is 0 Å². The number of aliphatic carboxylic acids is 3. The number of hydrogen-bond donors (Lipinski definition) is 31. The van der Waals surface area contributed by atoms with Gasteiger partial charge in [0.1, 0.15) is 166 Å². The first-order valence-electron chi connectivity index (χ1n) is 33.8. The zero-order chi connectivity index (χ0) is 82.3. The highest BCUT2D eigenvalue weighted by atomic mass is 16.8. The number of aliphatic hydroxyl groups is 24. The lowest BCUT2D eigenvalue weighted by Crippen LogP contribution is -2.73. The summed E-state index contributed by atoms with van der Waals surface area (Å²) in [6.07, 6.45) is -79.0. The lowest BCUT2D eigenvalue weighted by Gasteiger charge is -2.53. The highest BCUT2D eigenvalue weighted by Gasteiger charge is 2.66. The Morgan fingerprint density at radius 2 is 0.755 bits per heavy atom. The summed E-state index contributed by atoms with van der Waals surface area (Å²) in [5.74, 6) is -22.5. The van der Waals surface area contributed by atoms with Gasteiger partial charge in [-0.25, -0.2) is 14.4 Å². The Hall–Kier alpha value is -5.19. The normalized spacial score (nSPS) is 42.8. The maximum absolute atomic E-state index is 13.8. The van der Waals surface area contributed by atoms with E-state index in [4.69, 9.17) is 61.6 Å². The van der Waals surface area contributed by atoms with Crippen molar-refractivity contribution in [3.8, 4) is 0 Å². The number of carbonyl (C=O) groups excluding carboxylic acids is 4. The Morgan fingerprint density at radius 3 is 1.18 bits per heavy atom. The molecule has 0 saturated carbocycles. The highest BCUT2D eigenvalue weighted by Crippen LogP contribution is 2.44. The first-order valence-corrected chi connectivity index (χ1v) is 33.8. The van der Waals surface area contributed by atoms with Gasteiger partial charge in [0.25, 0.3) is 17.4 Å². The molecule has 0 bridgehead atoms. The molecule has 110 heavy (non-hydrogen) atoms. The SMILES string of the molecule is CC(=O)N[C@H]1[C@H](O[C@@H]2[C@H](O[C@]3(C(=O)O)C[C@H](O)[C@@H](NC(C)=O)[C@H]([C@H](O)[C@H](O)CO)O3)[C@@H](O)[C@H](O[C@H]3[C@H](O)[C@@H](O)[C@H](O)O[C@@H]3CO)O[C@@H]2CO)O[C@H](CO)[C@H](O)[C@@H]1O[C@@H]1O[C@H](CO)[C@H](O)[C@H](O[C@]2(C(=O)O)C[C@H](O)[C@@H](NC(=O)CO)[C@H]([C@H](O)[C@@H](CO)O[C@]3(C(=O)O)C[C@H](O)[C@@H](NC(=O)CO)[C@H]([C@H](O)[C@H](O)CO)O3)O2)[C@H]1O. The van der Waals surface area contributed by atoms with Crippen LogP contribution < -0.4 is 21.3 Å². The van der Waals surface area contributed by atoms with E-state index in [1.807, 2.05) is 10.6 Å². The van der Waals surface area contributed by atoms with Gasteiger partial charge in [-0.2, -0.15) is 0 Å². The first kappa shape index (κ1) is 92.0. The van der Waals surface area contributed by atoms with Gasteiger partial charge in [-0.1, -0.05) is 0 Å². The zero-order valence-corrected chi connectivity index (χ0v) is 57.9. The number of rotatable bonds is 34. The summed E-state index contributed by atoms with van der Waals surface area (Å²) in [5, 5.41) is 304. The van der Waals surface area contributed by atoms with E-state index >= 15 is 0 Å². The number of carboxylic acids is 3. The summed E-state index contributed by atoms with van der Waals surface area (Å²) in [4.78, 5) is 91.7. The molecule has 51 nitrogen and oxygen atoms in total. The molecule has 7 aliphatic heterocycles. The molecule has 7 aliphatic rings. The van der Waals surface area contributed by atoms with E-state index < -0.39 is 352 Å². The van der Waals surface area contributed by atoms with Crippen molar-refractivity contribution >= 4 is 41.5 Å². The Balaban J connectivity index is 1.27. The van der Waals surface area contributed by atoms with Crippen LogP contribution in [0.1, 0.15) is 33.1 Å². The summed E-state index contributed by atoms with van der Waals surface area (Å²) < 4.78 is 75.3. The van der Waals surface area contributed by atoms with Crippen molar-refractivity contribution in [2.24, 2.45) is 0 Å². The van der Waals surface area contributed by atoms with Crippen LogP contribution in [0, 0.1) is 0 Å². The minimum atomic E-state index is -3.70. The molecule has 31 N–H and O–H groups in total. The molecule has 634 valence electrons. The van der Waals surface area contributed by atoms with E-state index in [0.717, 1.165) is 13.8 Å². The summed E-state index contributed by atoms with van der Waals surface area (Å²) in [6, 6.07) is -8.36. The Kier molecular flexibility index (Phi) is 32.6. The van der Waals surface area contributed by atoms with E-state index in [-0.39, 0.29) is 0 Å². The molecule has 0 radical (unpaired) electrons. The van der Waals surface area contributed by atoms with Crippen molar-refractivity contribution in [2.45, 2.75) is 265 Å². The molecule has 0 aromatic carbocycles. The van der Waals surface area contributed by atoms with Crippen LogP contribution >= 0.6 is 0 Å². The Morgan fingerprint density at radius 1 is 0.391 bits per heavy atom. The van der Waals surface area contributed by atoms with E-state index in [1.54, 1.807) is 0 Å². The van der Waals surface area contributed by atoms with Crippen molar-refractivity contribution in [3.05, 3.63) is 0 Å². The summed E-state index contributed by atoms with van der Waals surface area (Å²) in [7, 11) is 0. The lowest BCUT2D eigenvalue weighted by atomic mass is 9.87. The van der Waals surface area contributed by atoms with Gasteiger partial charge in [-0.3, -0.25) is 19.2 Å². The van der Waals surface area contributed by atoms with Crippen LogP contribution in [-0.4, -0.2) is 470 Å². The lowest BCUT2D eigenvalue weighted by molar-refractivity contribution is -0.404. The second-order valence-corrected chi connectivity index (χ2v) is 26.8. The number of ether oxygens (including phenoxy) is 13. The second-order valence-electron chi connectivity index (χ2n) is 26.8. The molecule has 4 amide bonds. The predicted octanol–water partition coefficient (Wildman–Crippen LogP) is -20.1. The van der Waals surface area contributed by atoms with Gasteiger partial charge < -0.3 is 221 Å². The van der Waals surface area contributed by atoms with Crippen LogP contribution in [-0.2, 0) is 95.1 Å². The van der Waals surface area contributed by atoms with Crippen LogP contribution in [0.5, 0.6) is 0 Å². The first-order chi connectivity index (χ1) is 51.7. The largest absolute Gasteiger partial charge is 0.477 e. The third-order valence-electron chi connectivity index (χ3n) is 19.3. The van der Waals surface area contributed by atoms with Crippen molar-refractivity contribution in [2.75, 3.05) is 59.5 Å². The molecule has 38 atom stereocenters. The number of carbonyl (C=O) groups is 7. The number of amides is 4. The van der Waals surface area contributed by atoms with Gasteiger partial charge in [0, 0.05) is 33.1 Å². The Labute approximate surface area is 618 Å². The molecule has 0 spiro atoms. The fourth-order valence-electron chi connectivity index (χ4n) is 13.7. The van der Waals surface area contributed by atoms with Gasteiger partial charge >= 0.3 is 17.9 Å². The molecule has 0 aromatic heterocycles. The molecular weight excluding hydrogens is 1520 g/mol. The molecule has 0 aromatic rings. The van der Waals surface area contributed by atoms with Gasteiger partial charge in [0.15, 0.2) is 25.2 Å². The molecule has 7 heterocycles. The molecule has 0 aliphatic carbocycles. The van der Waals surface area contributed by atoms with E-state index in [0.29, 0.717) is 0 Å². The third-order valence-corrected chi connectivity index (χ3v) is 19.3. The number of nitrogens with one attached hydrogen (secondary N) is 4. The monoisotopic (exact) mass is 1610 g/mol. The van der Waals surface area contributed by atoms with Crippen molar-refractivity contribution in [3.63, 3.8) is 0 Å². The fraction of sp³-hybridized carbons (Fsp3) is 0.881. The molecule has 0 unspecified atom stereocenters. The Bertz CT molecular complexity index is 3050. The van der Waals surface area contributed by atoms with E-state index in [2.05, 4.69) is 10.6 Å². The standard InChI is InChI=1S/C59H96N4O47/c1-15(73)60-29-17(75)4-59(56(96)97,107-45(29)33(82)20(78)6-64)110-49-41(90)53(102-42-25(11-69)98-50(91)39(88)38(42)87)101-26(12-70)43(49)103-51-32(61-16(2)74)44(35(84)22(8-66)99-51)104-52-40(89)48(36(85)23(9-67)100-52)109-58(55(94)95)5-19(77)31(63-28(81)14-72)47(108-58)37(86)24(10-68)105-57(54(92)93)3-18(76)30(62-27(80)13-71)46(106-57)34(83)21(79)7-65/h17-26,29-53,64-72,75-79,82-91H,3-14H2,1-2H3,(H,60,73)(H,61,74)(H,62,80)(H,63,81)(H,92,93)(H,94,95)(H,96,97)/t17-,18-,19-,20+,21+,22+,23+,24+,25+,26+,29+,30+,31+,32+,33+,34+,35-,36-,37+,38+,39+,40+,41+,42+,43-,44+,45+,46+,47+,48-,49+,50+,51-,52-,53-,57+,58-,59-/m0/s1. The number of carboxylic acid groups (broad SMARTS) is 3. The topological polar surface area (TPSA) is 834 Å². The molecule has 51 heteroatoms. The third kappa shape index (κ3) is 19.8. The van der Waals surface area contributed by atoms with Crippen LogP contribution in [0.2, 0.25) is 0 Å². The van der Waals surface area contributed by atoms with E-state index in [1.165, 1.54) is 0 Å². The number of aliphatic hydroxyl groups excluding tert-OH is 24. The second kappa shape index (κ2) is 39.0. The average Bonchev–Trinajstić information content (AvgIpc) is 0.752. The quantitative estimate of drug-likeness (QED) is 0.0284. The maximum Gasteiger partial charge on any atom is 0.364 e. The van der Waals surface area contributed by atoms with Crippen molar-refractivity contribution in [1.82, 2.24) is 21.3 Å². The molecule has 7 fully saturated rings. The maximum atomic E-state index is 13.8. The van der Waals surface area contributed by atoms with Gasteiger partial charge in [0.05, 0.1) is 82.7 Å². The predicted molar refractivity (Wildman–Crippen MR) is 333 cm³/mol. The number of hydrogen-bond acceptors (Lipinski definition) is 44. The van der Waals surface area contributed by atoms with Crippen LogP contribution in [0.15, 0.2) is 0 Å². The van der Waals surface area contributed by atoms with Crippen molar-refractivity contribution in [1.29, 1.82) is 0 Å². The molecular formula is C59H96N4O47. The summed E-state index contributed by atoms with van der Waals surface area (Å²) in [5.41, 5.74) is 0. The van der Waals surface area contributed by atoms with Gasteiger partial charge in [0.2, 0.25) is 23.6 Å². The smallest absolute Gasteiger partial charge is 0.364 e. The summed E-state index contributed by atoms with van der Waals surface area (Å²) in [6.45, 7) is -10.5. The molecule has 7 rings (SSSR count).